The lowest BCUT2D eigenvalue weighted by molar-refractivity contribution is -0.0578. The lowest BCUT2D eigenvalue weighted by Gasteiger charge is -2.36. The molecule has 1 aromatic rings. The molecule has 0 aromatic heterocycles. The summed E-state index contributed by atoms with van der Waals surface area (Å²) in [7, 11) is 0. The highest BCUT2D eigenvalue weighted by Gasteiger charge is 2.31. The molecule has 1 saturated heterocycles. The standard InChI is InChI=1S/C22H31FN2O4/c1-2-10-28-16-20(26)13-24-9-11-29-21(14-24)15-25(12-17-3-4-17)22(27)18-5-7-19(23)8-6-18/h2,5-8,17,20-21,26H,1,3-4,9-16H2. The van der Waals surface area contributed by atoms with Crippen LogP contribution in [0.2, 0.25) is 0 Å². The lowest BCUT2D eigenvalue weighted by Crippen LogP contribution is -2.51. The van der Waals surface area contributed by atoms with Gasteiger partial charge in [0.15, 0.2) is 0 Å². The third-order valence-electron chi connectivity index (χ3n) is 5.22. The predicted molar refractivity (Wildman–Crippen MR) is 108 cm³/mol. The molecule has 7 heteroatoms. The van der Waals surface area contributed by atoms with E-state index in [4.69, 9.17) is 9.47 Å². The number of β-amino-alcohol motifs (C(OH)–C–C–N with tert-alkyl or cyclic N) is 1. The molecule has 1 amide bonds. The number of hydrogen-bond donors (Lipinski definition) is 1. The van der Waals surface area contributed by atoms with Crippen LogP contribution in [0.1, 0.15) is 23.2 Å². The van der Waals surface area contributed by atoms with Crippen molar-refractivity contribution in [3.05, 3.63) is 48.3 Å². The van der Waals surface area contributed by atoms with Crippen LogP contribution in [-0.4, -0.2) is 85.6 Å². The van der Waals surface area contributed by atoms with E-state index in [0.717, 1.165) is 19.4 Å². The highest BCUT2D eigenvalue weighted by atomic mass is 19.1. The van der Waals surface area contributed by atoms with Crippen LogP contribution in [0, 0.1) is 11.7 Å². The molecule has 2 unspecified atom stereocenters. The van der Waals surface area contributed by atoms with Crippen molar-refractivity contribution < 1.29 is 23.8 Å². The highest BCUT2D eigenvalue weighted by molar-refractivity contribution is 5.94. The summed E-state index contributed by atoms with van der Waals surface area (Å²) in [5.41, 5.74) is 0.495. The average Bonchev–Trinajstić information content (AvgIpc) is 3.52. The first-order valence-electron chi connectivity index (χ1n) is 10.3. The third kappa shape index (κ3) is 7.19. The number of halogens is 1. The van der Waals surface area contributed by atoms with E-state index in [1.165, 1.54) is 24.3 Å². The van der Waals surface area contributed by atoms with Crippen LogP contribution in [0.3, 0.4) is 0 Å². The summed E-state index contributed by atoms with van der Waals surface area (Å²) in [6.45, 7) is 7.93. The molecule has 1 aromatic carbocycles. The fraction of sp³-hybridized carbons (Fsp3) is 0.591. The molecule has 2 aliphatic rings. The molecule has 0 radical (unpaired) electrons. The van der Waals surface area contributed by atoms with Gasteiger partial charge in [0.1, 0.15) is 5.82 Å². The number of aliphatic hydroxyl groups is 1. The monoisotopic (exact) mass is 406 g/mol. The summed E-state index contributed by atoms with van der Waals surface area (Å²) in [6, 6.07) is 5.70. The van der Waals surface area contributed by atoms with Gasteiger partial charge in [0.05, 0.1) is 32.0 Å². The minimum atomic E-state index is -0.572. The van der Waals surface area contributed by atoms with Gasteiger partial charge in [0.25, 0.3) is 5.91 Å². The van der Waals surface area contributed by atoms with Gasteiger partial charge < -0.3 is 19.5 Å². The quantitative estimate of drug-likeness (QED) is 0.450. The largest absolute Gasteiger partial charge is 0.389 e. The first kappa shape index (κ1) is 21.9. The Balaban J connectivity index is 1.54. The SMILES string of the molecule is C=CCOCC(O)CN1CCOC(CN(CC2CC2)C(=O)c2ccc(F)cc2)C1. The Morgan fingerprint density at radius 1 is 1.38 bits per heavy atom. The molecule has 1 aliphatic heterocycles. The van der Waals surface area contributed by atoms with Crippen LogP contribution in [0.4, 0.5) is 4.39 Å². The first-order valence-corrected chi connectivity index (χ1v) is 10.3. The number of carbonyl (C=O) groups is 1. The summed E-state index contributed by atoms with van der Waals surface area (Å²) in [6.07, 6.45) is 3.25. The predicted octanol–water partition coefficient (Wildman–Crippen LogP) is 1.94. The number of carbonyl (C=O) groups excluding carboxylic acids is 1. The number of amides is 1. The molecule has 2 atom stereocenters. The smallest absolute Gasteiger partial charge is 0.253 e. The van der Waals surface area contributed by atoms with Gasteiger partial charge in [0, 0.05) is 38.3 Å². The number of hydrogen-bond acceptors (Lipinski definition) is 5. The van der Waals surface area contributed by atoms with Gasteiger partial charge in [0.2, 0.25) is 0 Å². The number of aliphatic hydroxyl groups excluding tert-OH is 1. The van der Waals surface area contributed by atoms with Crippen LogP contribution in [0.15, 0.2) is 36.9 Å². The van der Waals surface area contributed by atoms with Gasteiger partial charge >= 0.3 is 0 Å². The van der Waals surface area contributed by atoms with Crippen molar-refractivity contribution >= 4 is 5.91 Å². The molecule has 1 aliphatic carbocycles. The van der Waals surface area contributed by atoms with Gasteiger partial charge in [-0.2, -0.15) is 0 Å². The Hall–Kier alpha value is -1.80. The fourth-order valence-corrected chi connectivity index (χ4v) is 3.57. The van der Waals surface area contributed by atoms with E-state index in [1.807, 2.05) is 4.90 Å². The van der Waals surface area contributed by atoms with Gasteiger partial charge in [-0.1, -0.05) is 6.08 Å². The Bertz CT molecular complexity index is 665. The number of ether oxygens (including phenoxy) is 2. The molecule has 2 fully saturated rings. The number of benzene rings is 1. The minimum Gasteiger partial charge on any atom is -0.389 e. The Kier molecular flexibility index (Phi) is 8.18. The Morgan fingerprint density at radius 3 is 2.83 bits per heavy atom. The maximum atomic E-state index is 13.2. The van der Waals surface area contributed by atoms with E-state index >= 15 is 0 Å². The molecular weight excluding hydrogens is 375 g/mol. The molecule has 160 valence electrons. The zero-order valence-electron chi connectivity index (χ0n) is 16.8. The van der Waals surface area contributed by atoms with Crippen molar-refractivity contribution in [1.82, 2.24) is 9.80 Å². The average molecular weight is 406 g/mol. The summed E-state index contributed by atoms with van der Waals surface area (Å²) in [5.74, 6) is 0.107. The minimum absolute atomic E-state index is 0.0875. The van der Waals surface area contributed by atoms with Crippen molar-refractivity contribution in [3.63, 3.8) is 0 Å². The summed E-state index contributed by atoms with van der Waals surface area (Å²) >= 11 is 0. The topological polar surface area (TPSA) is 62.2 Å². The molecule has 0 bridgehead atoms. The molecule has 6 nitrogen and oxygen atoms in total. The molecule has 29 heavy (non-hydrogen) atoms. The normalized spacial score (nSPS) is 21.0. The van der Waals surface area contributed by atoms with Gasteiger partial charge in [-0.3, -0.25) is 9.69 Å². The number of rotatable bonds is 11. The highest BCUT2D eigenvalue weighted by Crippen LogP contribution is 2.30. The van der Waals surface area contributed by atoms with Crippen LogP contribution in [0.25, 0.3) is 0 Å². The van der Waals surface area contributed by atoms with Crippen molar-refractivity contribution in [2.45, 2.75) is 25.0 Å². The van der Waals surface area contributed by atoms with Crippen molar-refractivity contribution in [2.24, 2.45) is 5.92 Å². The maximum absolute atomic E-state index is 13.2. The molecule has 1 heterocycles. The van der Waals surface area contributed by atoms with E-state index in [0.29, 0.717) is 50.9 Å². The van der Waals surface area contributed by atoms with Gasteiger partial charge in [-0.25, -0.2) is 4.39 Å². The van der Waals surface area contributed by atoms with E-state index in [1.54, 1.807) is 6.08 Å². The Labute approximate surface area is 171 Å². The third-order valence-corrected chi connectivity index (χ3v) is 5.22. The van der Waals surface area contributed by atoms with E-state index in [9.17, 15) is 14.3 Å². The van der Waals surface area contributed by atoms with Crippen LogP contribution < -0.4 is 0 Å². The number of nitrogens with zero attached hydrogens (tertiary/aromatic N) is 2. The lowest BCUT2D eigenvalue weighted by atomic mass is 10.1. The number of morpholine rings is 1. The second-order valence-electron chi connectivity index (χ2n) is 7.89. The Morgan fingerprint density at radius 2 is 2.14 bits per heavy atom. The summed E-state index contributed by atoms with van der Waals surface area (Å²) in [5, 5.41) is 10.1. The van der Waals surface area contributed by atoms with Crippen LogP contribution >= 0.6 is 0 Å². The zero-order chi connectivity index (χ0) is 20.6. The first-order chi connectivity index (χ1) is 14.0. The van der Waals surface area contributed by atoms with Gasteiger partial charge in [-0.05, 0) is 43.0 Å². The van der Waals surface area contributed by atoms with E-state index in [-0.39, 0.29) is 24.4 Å². The van der Waals surface area contributed by atoms with Crippen molar-refractivity contribution in [1.29, 1.82) is 0 Å². The van der Waals surface area contributed by atoms with Crippen LogP contribution in [-0.2, 0) is 9.47 Å². The zero-order valence-corrected chi connectivity index (χ0v) is 16.8. The van der Waals surface area contributed by atoms with Gasteiger partial charge in [-0.15, -0.1) is 6.58 Å². The second kappa shape index (κ2) is 10.8. The summed E-state index contributed by atoms with van der Waals surface area (Å²) < 4.78 is 24.4. The fourth-order valence-electron chi connectivity index (χ4n) is 3.57. The van der Waals surface area contributed by atoms with Crippen LogP contribution in [0.5, 0.6) is 0 Å². The van der Waals surface area contributed by atoms with E-state index < -0.39 is 6.10 Å². The van der Waals surface area contributed by atoms with Crippen molar-refractivity contribution in [2.75, 3.05) is 52.5 Å². The van der Waals surface area contributed by atoms with Crippen molar-refractivity contribution in [3.8, 4) is 0 Å². The molecular formula is C22H31FN2O4. The maximum Gasteiger partial charge on any atom is 0.253 e. The molecule has 1 saturated carbocycles. The summed E-state index contributed by atoms with van der Waals surface area (Å²) in [4.78, 5) is 17.0. The second-order valence-corrected chi connectivity index (χ2v) is 7.89. The van der Waals surface area contributed by atoms with E-state index in [2.05, 4.69) is 11.5 Å². The molecule has 0 spiro atoms. The molecule has 1 N–H and O–H groups in total. The molecule has 3 rings (SSSR count).